The summed E-state index contributed by atoms with van der Waals surface area (Å²) in [5.41, 5.74) is 0.661. The van der Waals surface area contributed by atoms with Crippen molar-refractivity contribution in [3.8, 4) is 0 Å². The lowest BCUT2D eigenvalue weighted by atomic mass is 9.94. The molecule has 15 heteroatoms. The molecule has 5 atom stereocenters. The summed E-state index contributed by atoms with van der Waals surface area (Å²) in [4.78, 5) is 72.7. The minimum Gasteiger partial charge on any atom is -0.483 e. The maximum absolute atomic E-state index is 12.8. The van der Waals surface area contributed by atoms with Gasteiger partial charge in [0.15, 0.2) is 36.1 Å². The third kappa shape index (κ3) is 6.86. The third-order valence-electron chi connectivity index (χ3n) is 6.08. The smallest absolute Gasteiger partial charge is 0.303 e. The predicted octanol–water partition coefficient (Wildman–Crippen LogP) is 1.01. The minimum absolute atomic E-state index is 0.180. The highest BCUT2D eigenvalue weighted by atomic mass is 16.7. The average molecular weight is 586 g/mol. The Morgan fingerprint density at radius 1 is 0.857 bits per heavy atom. The maximum Gasteiger partial charge on any atom is 0.303 e. The number of esters is 4. The lowest BCUT2D eigenvalue weighted by Crippen LogP contribution is -2.60. The quantitative estimate of drug-likeness (QED) is 0.299. The van der Waals surface area contributed by atoms with Crippen LogP contribution in [0.5, 0.6) is 0 Å². The molecule has 0 saturated carbocycles. The molecule has 0 radical (unpaired) electrons. The molecule has 2 heterocycles. The van der Waals surface area contributed by atoms with E-state index >= 15 is 0 Å². The largest absolute Gasteiger partial charge is 0.483 e. The lowest BCUT2D eigenvalue weighted by molar-refractivity contribution is -0.270. The van der Waals surface area contributed by atoms with Crippen molar-refractivity contribution in [1.29, 1.82) is 0 Å². The Hall–Kier alpha value is -4.92. The molecule has 15 nitrogen and oxygen atoms in total. The van der Waals surface area contributed by atoms with E-state index in [1.54, 1.807) is 18.2 Å². The van der Waals surface area contributed by atoms with Gasteiger partial charge < -0.3 is 28.4 Å². The van der Waals surface area contributed by atoms with Gasteiger partial charge in [0.1, 0.15) is 25.0 Å². The van der Waals surface area contributed by atoms with E-state index in [0.717, 1.165) is 38.5 Å². The van der Waals surface area contributed by atoms with Crippen LogP contribution in [0, 0.1) is 0 Å². The Labute approximate surface area is 238 Å². The van der Waals surface area contributed by atoms with Gasteiger partial charge in [0.25, 0.3) is 0 Å². The van der Waals surface area contributed by atoms with Crippen LogP contribution in [0.3, 0.4) is 0 Å². The molecule has 0 bridgehead atoms. The summed E-state index contributed by atoms with van der Waals surface area (Å²) in [6, 6.07) is 6.34. The minimum atomic E-state index is -1.39. The van der Waals surface area contributed by atoms with Crippen molar-refractivity contribution in [2.45, 2.75) is 64.9 Å². The normalized spacial score (nSPS) is 23.2. The highest BCUT2D eigenvalue weighted by molar-refractivity contribution is 6.23. The van der Waals surface area contributed by atoms with Crippen LogP contribution < -0.4 is 0 Å². The van der Waals surface area contributed by atoms with Crippen LogP contribution in [0.15, 0.2) is 42.3 Å². The second-order valence-electron chi connectivity index (χ2n) is 9.32. The van der Waals surface area contributed by atoms with Gasteiger partial charge in [0.05, 0.1) is 6.20 Å². The molecule has 2 aliphatic rings. The zero-order valence-corrected chi connectivity index (χ0v) is 23.0. The molecule has 1 fully saturated rings. The number of aromatic nitrogens is 3. The first-order chi connectivity index (χ1) is 19.9. The van der Waals surface area contributed by atoms with Gasteiger partial charge in [0, 0.05) is 44.9 Å². The molecule has 1 saturated heterocycles. The Morgan fingerprint density at radius 2 is 1.48 bits per heavy atom. The summed E-state index contributed by atoms with van der Waals surface area (Å²) in [5, 5.41) is 8.00. The van der Waals surface area contributed by atoms with Crippen molar-refractivity contribution in [2.75, 3.05) is 6.61 Å². The first-order valence-corrected chi connectivity index (χ1v) is 12.7. The van der Waals surface area contributed by atoms with E-state index in [0.29, 0.717) is 0 Å². The molecule has 1 aromatic heterocycles. The summed E-state index contributed by atoms with van der Waals surface area (Å²) < 4.78 is 34.0. The number of carbonyl (C=O) groups is 6. The van der Waals surface area contributed by atoms with Gasteiger partial charge in [-0.05, 0) is 0 Å². The molecule has 42 heavy (non-hydrogen) atoms. The van der Waals surface area contributed by atoms with Crippen molar-refractivity contribution >= 4 is 35.4 Å². The number of ether oxygens (including phenoxy) is 6. The zero-order valence-electron chi connectivity index (χ0n) is 23.0. The summed E-state index contributed by atoms with van der Waals surface area (Å²) in [7, 11) is 0. The summed E-state index contributed by atoms with van der Waals surface area (Å²) in [6.07, 6.45) is -4.16. The SMILES string of the molecule is CC(=O)OC[C@H]1O[C@@H](n2cc(COC3=CC(=O)c4ccccc4C3=O)nn2)[C@H](OC(C)=O)[C@@H](OC(C)=O)[C@@H]1OC(C)=O. The van der Waals surface area contributed by atoms with Gasteiger partial charge in [0.2, 0.25) is 5.78 Å². The van der Waals surface area contributed by atoms with Crippen LogP contribution in [0.1, 0.15) is 60.3 Å². The molecule has 222 valence electrons. The molecular formula is C27H27N3O12. The molecule has 0 unspecified atom stereocenters. The Morgan fingerprint density at radius 3 is 2.12 bits per heavy atom. The first-order valence-electron chi connectivity index (χ1n) is 12.7. The summed E-state index contributed by atoms with van der Waals surface area (Å²) in [6.45, 7) is 3.81. The van der Waals surface area contributed by atoms with Gasteiger partial charge in [-0.25, -0.2) is 4.68 Å². The number of hydrogen-bond acceptors (Lipinski definition) is 14. The fourth-order valence-electron chi connectivity index (χ4n) is 4.47. The molecule has 0 spiro atoms. The van der Waals surface area contributed by atoms with Gasteiger partial charge in [-0.1, -0.05) is 29.5 Å². The van der Waals surface area contributed by atoms with Crippen molar-refractivity contribution in [3.05, 3.63) is 59.1 Å². The van der Waals surface area contributed by atoms with Crippen molar-refractivity contribution in [2.24, 2.45) is 0 Å². The van der Waals surface area contributed by atoms with Crippen molar-refractivity contribution in [1.82, 2.24) is 15.0 Å². The number of carbonyl (C=O) groups excluding carboxylic acids is 6. The van der Waals surface area contributed by atoms with Crippen molar-refractivity contribution < 1.29 is 57.2 Å². The predicted molar refractivity (Wildman–Crippen MR) is 135 cm³/mol. The molecule has 2 aromatic rings. The number of Topliss-reactive ketones (excluding diaryl/α,β-unsaturated/α-hetero) is 1. The molecule has 0 N–H and O–H groups in total. The van der Waals surface area contributed by atoms with Crippen LogP contribution in [-0.2, 0) is 54.2 Å². The number of allylic oxidation sites excluding steroid dienone is 2. The van der Waals surface area contributed by atoms with Gasteiger partial charge in [-0.15, -0.1) is 5.10 Å². The standard InChI is InChI=1S/C27H27N3O12/c1-13(31)37-12-22-24(39-14(2)32)25(40-15(3)33)26(41-16(4)34)27(42-22)30-10-17(28-29-30)11-38-21-9-20(35)18-7-5-6-8-19(18)23(21)36/h5-10,22,24-27H,11-12H2,1-4H3/t22-,24-,25+,26-,27-/m1/s1. The fraction of sp³-hybridized carbons (Fsp3) is 0.407. The van der Waals surface area contributed by atoms with E-state index < -0.39 is 66.9 Å². The average Bonchev–Trinajstić information content (AvgIpc) is 3.39. The monoisotopic (exact) mass is 585 g/mol. The summed E-state index contributed by atoms with van der Waals surface area (Å²) in [5.74, 6) is -4.02. The van der Waals surface area contributed by atoms with E-state index in [4.69, 9.17) is 28.4 Å². The van der Waals surface area contributed by atoms with E-state index in [1.807, 2.05) is 0 Å². The molecule has 4 rings (SSSR count). The topological polar surface area (TPSA) is 189 Å². The maximum atomic E-state index is 12.8. The van der Waals surface area contributed by atoms with Gasteiger partial charge >= 0.3 is 23.9 Å². The number of ketones is 2. The highest BCUT2D eigenvalue weighted by Crippen LogP contribution is 2.34. The molecule has 1 aliphatic heterocycles. The highest BCUT2D eigenvalue weighted by Gasteiger charge is 2.53. The van der Waals surface area contributed by atoms with Crippen LogP contribution in [0.2, 0.25) is 0 Å². The second-order valence-corrected chi connectivity index (χ2v) is 9.32. The van der Waals surface area contributed by atoms with Gasteiger partial charge in [-0.3, -0.25) is 28.8 Å². The van der Waals surface area contributed by atoms with E-state index in [-0.39, 0.29) is 35.0 Å². The molecule has 0 amide bonds. The Kier molecular flexibility index (Phi) is 9.10. The fourth-order valence-corrected chi connectivity index (χ4v) is 4.47. The number of benzene rings is 1. The number of rotatable bonds is 9. The van der Waals surface area contributed by atoms with E-state index in [2.05, 4.69) is 10.3 Å². The Balaban J connectivity index is 1.60. The first kappa shape index (κ1) is 30.0. The second kappa shape index (κ2) is 12.7. The van der Waals surface area contributed by atoms with Gasteiger partial charge in [-0.2, -0.15) is 0 Å². The molecule has 1 aromatic carbocycles. The Bertz CT molecular complexity index is 1450. The molecule has 1 aliphatic carbocycles. The van der Waals surface area contributed by atoms with Crippen LogP contribution in [0.4, 0.5) is 0 Å². The number of hydrogen-bond donors (Lipinski definition) is 0. The van der Waals surface area contributed by atoms with Crippen LogP contribution >= 0.6 is 0 Å². The van der Waals surface area contributed by atoms with Crippen LogP contribution in [0.25, 0.3) is 0 Å². The third-order valence-corrected chi connectivity index (χ3v) is 6.08. The lowest BCUT2D eigenvalue weighted by Gasteiger charge is -2.44. The van der Waals surface area contributed by atoms with E-state index in [1.165, 1.54) is 12.3 Å². The number of nitrogens with zero attached hydrogens (tertiary/aromatic N) is 3. The number of fused-ring (bicyclic) bond motifs is 1. The van der Waals surface area contributed by atoms with E-state index in [9.17, 15) is 28.8 Å². The van der Waals surface area contributed by atoms with Crippen LogP contribution in [-0.4, -0.2) is 81.5 Å². The summed E-state index contributed by atoms with van der Waals surface area (Å²) >= 11 is 0. The van der Waals surface area contributed by atoms with Crippen molar-refractivity contribution in [3.63, 3.8) is 0 Å². The molecular weight excluding hydrogens is 558 g/mol. The zero-order chi connectivity index (χ0) is 30.6.